The van der Waals surface area contributed by atoms with Gasteiger partial charge in [-0.1, -0.05) is 20.8 Å². The molecule has 0 radical (unpaired) electrons. The van der Waals surface area contributed by atoms with Crippen LogP contribution in [-0.2, 0) is 0 Å². The number of nitrogens with one attached hydrogen (secondary N) is 1. The topological polar surface area (TPSA) is 48.3 Å². The molecule has 0 spiro atoms. The zero-order chi connectivity index (χ0) is 22.2. The fourth-order valence-electron chi connectivity index (χ4n) is 5.00. The van der Waals surface area contributed by atoms with Gasteiger partial charge in [0, 0.05) is 17.8 Å². The minimum Gasteiger partial charge on any atom is -0.497 e. The molecule has 31 heavy (non-hydrogen) atoms. The van der Waals surface area contributed by atoms with Crippen molar-refractivity contribution in [2.75, 3.05) is 12.4 Å². The van der Waals surface area contributed by atoms with Crippen molar-refractivity contribution >= 4 is 22.7 Å². The Labute approximate surface area is 181 Å². The van der Waals surface area contributed by atoms with Crippen molar-refractivity contribution < 1.29 is 18.3 Å². The number of methoxy groups -OCH3 is 1. The predicted octanol–water partition coefficient (Wildman–Crippen LogP) is 6.78. The standard InChI is InChI=1S/C24H29F2N3O2/c1-15-11-17(14-24(2,3)13-15)29-21-10-9-19(30-4)12-20(21)28-23(29)27-16-5-7-18(8-6-16)31-22(25)26/h5-10,12,15,17,22H,11,13-14H2,1-4H3,(H,27,28)/t15-,17+/m1/s1. The molecule has 5 nitrogen and oxygen atoms in total. The van der Waals surface area contributed by atoms with Gasteiger partial charge >= 0.3 is 6.61 Å². The van der Waals surface area contributed by atoms with Gasteiger partial charge in [0.05, 0.1) is 18.1 Å². The highest BCUT2D eigenvalue weighted by atomic mass is 19.3. The second kappa shape index (κ2) is 8.36. The fraction of sp³-hybridized carbons (Fsp3) is 0.458. The quantitative estimate of drug-likeness (QED) is 0.469. The second-order valence-corrected chi connectivity index (χ2v) is 9.26. The van der Waals surface area contributed by atoms with Gasteiger partial charge in [0.25, 0.3) is 0 Å². The lowest BCUT2D eigenvalue weighted by Crippen LogP contribution is -2.29. The van der Waals surface area contributed by atoms with Gasteiger partial charge in [0.2, 0.25) is 5.95 Å². The van der Waals surface area contributed by atoms with Crippen LogP contribution in [0.15, 0.2) is 42.5 Å². The lowest BCUT2D eigenvalue weighted by molar-refractivity contribution is -0.0498. The third-order valence-electron chi connectivity index (χ3n) is 5.96. The van der Waals surface area contributed by atoms with Crippen LogP contribution in [0.25, 0.3) is 11.0 Å². The van der Waals surface area contributed by atoms with Crippen LogP contribution in [0.4, 0.5) is 20.4 Å². The average Bonchev–Trinajstić information content (AvgIpc) is 3.04. The summed E-state index contributed by atoms with van der Waals surface area (Å²) >= 11 is 0. The summed E-state index contributed by atoms with van der Waals surface area (Å²) in [4.78, 5) is 4.86. The number of aromatic nitrogens is 2. The normalized spacial score (nSPS) is 20.7. The van der Waals surface area contributed by atoms with E-state index < -0.39 is 6.61 Å². The van der Waals surface area contributed by atoms with E-state index >= 15 is 0 Å². The number of ether oxygens (including phenoxy) is 2. The van der Waals surface area contributed by atoms with Crippen LogP contribution in [0.1, 0.15) is 46.1 Å². The van der Waals surface area contributed by atoms with Gasteiger partial charge in [-0.2, -0.15) is 8.78 Å². The van der Waals surface area contributed by atoms with Crippen LogP contribution >= 0.6 is 0 Å². The number of halogens is 2. The van der Waals surface area contributed by atoms with Gasteiger partial charge in [-0.15, -0.1) is 0 Å². The van der Waals surface area contributed by atoms with Crippen molar-refractivity contribution in [3.8, 4) is 11.5 Å². The SMILES string of the molecule is COc1ccc2c(c1)nc(Nc1ccc(OC(F)F)cc1)n2[C@H]1C[C@@H](C)CC(C)(C)C1. The van der Waals surface area contributed by atoms with Crippen LogP contribution in [0.5, 0.6) is 11.5 Å². The molecule has 3 aromatic rings. The van der Waals surface area contributed by atoms with Crippen molar-refractivity contribution in [1.29, 1.82) is 0 Å². The molecule has 0 amide bonds. The molecular formula is C24H29F2N3O2. The van der Waals surface area contributed by atoms with Crippen LogP contribution in [0, 0.1) is 11.3 Å². The lowest BCUT2D eigenvalue weighted by Gasteiger charge is -2.40. The van der Waals surface area contributed by atoms with Gasteiger partial charge in [-0.3, -0.25) is 0 Å². The van der Waals surface area contributed by atoms with Crippen LogP contribution in [-0.4, -0.2) is 23.3 Å². The minimum absolute atomic E-state index is 0.127. The molecular weight excluding hydrogens is 400 g/mol. The van der Waals surface area contributed by atoms with Crippen LogP contribution < -0.4 is 14.8 Å². The molecule has 1 N–H and O–H groups in total. The molecule has 0 bridgehead atoms. The fourth-order valence-corrected chi connectivity index (χ4v) is 5.00. The first kappa shape index (κ1) is 21.4. The number of imidazole rings is 1. The molecule has 2 aromatic carbocycles. The number of benzene rings is 2. The Morgan fingerprint density at radius 1 is 1.10 bits per heavy atom. The molecule has 1 saturated carbocycles. The summed E-state index contributed by atoms with van der Waals surface area (Å²) in [5.74, 6) is 2.24. The van der Waals surface area contributed by atoms with Gasteiger partial charge in [0.15, 0.2) is 0 Å². The largest absolute Gasteiger partial charge is 0.497 e. The van der Waals surface area contributed by atoms with Crippen molar-refractivity contribution in [3.05, 3.63) is 42.5 Å². The molecule has 1 aromatic heterocycles. The summed E-state index contributed by atoms with van der Waals surface area (Å²) in [6, 6.07) is 12.7. The van der Waals surface area contributed by atoms with Gasteiger partial charge < -0.3 is 19.4 Å². The van der Waals surface area contributed by atoms with E-state index in [0.717, 1.165) is 41.3 Å². The third kappa shape index (κ3) is 4.75. The van der Waals surface area contributed by atoms with Gasteiger partial charge in [-0.25, -0.2) is 4.98 Å². The molecule has 2 atom stereocenters. The highest BCUT2D eigenvalue weighted by molar-refractivity contribution is 5.81. The van der Waals surface area contributed by atoms with E-state index in [4.69, 9.17) is 9.72 Å². The summed E-state index contributed by atoms with van der Waals surface area (Å²) in [5, 5.41) is 3.39. The summed E-state index contributed by atoms with van der Waals surface area (Å²) < 4.78 is 37.0. The Balaban J connectivity index is 1.72. The van der Waals surface area contributed by atoms with Gasteiger partial charge in [0.1, 0.15) is 11.5 Å². The van der Waals surface area contributed by atoms with Crippen molar-refractivity contribution in [2.24, 2.45) is 11.3 Å². The zero-order valence-corrected chi connectivity index (χ0v) is 18.4. The van der Waals surface area contributed by atoms with E-state index in [1.54, 1.807) is 19.2 Å². The molecule has 7 heteroatoms. The summed E-state index contributed by atoms with van der Waals surface area (Å²) in [6.07, 6.45) is 3.35. The maximum absolute atomic E-state index is 12.4. The minimum atomic E-state index is -2.84. The first-order valence-corrected chi connectivity index (χ1v) is 10.6. The molecule has 0 aliphatic heterocycles. The molecule has 1 aliphatic carbocycles. The molecule has 1 heterocycles. The highest BCUT2D eigenvalue weighted by Gasteiger charge is 2.34. The summed E-state index contributed by atoms with van der Waals surface area (Å²) in [5.41, 5.74) is 2.91. The second-order valence-electron chi connectivity index (χ2n) is 9.26. The number of fused-ring (bicyclic) bond motifs is 1. The maximum atomic E-state index is 12.4. The molecule has 1 fully saturated rings. The van der Waals surface area contributed by atoms with Crippen molar-refractivity contribution in [2.45, 2.75) is 52.7 Å². The molecule has 4 rings (SSSR count). The Kier molecular flexibility index (Phi) is 5.77. The number of nitrogens with zero attached hydrogens (tertiary/aromatic N) is 2. The van der Waals surface area contributed by atoms with Crippen LogP contribution in [0.2, 0.25) is 0 Å². The Morgan fingerprint density at radius 3 is 2.45 bits per heavy atom. The molecule has 0 unspecified atom stereocenters. The first-order chi connectivity index (χ1) is 14.7. The lowest BCUT2D eigenvalue weighted by atomic mass is 9.70. The van der Waals surface area contributed by atoms with E-state index in [2.05, 4.69) is 41.5 Å². The van der Waals surface area contributed by atoms with Crippen molar-refractivity contribution in [1.82, 2.24) is 9.55 Å². The maximum Gasteiger partial charge on any atom is 0.387 e. The number of rotatable bonds is 6. The van der Waals surface area contributed by atoms with E-state index in [9.17, 15) is 8.78 Å². The smallest absolute Gasteiger partial charge is 0.387 e. The summed E-state index contributed by atoms with van der Waals surface area (Å²) in [6.45, 7) is 4.12. The number of alkyl halides is 2. The Hall–Kier alpha value is -2.83. The Morgan fingerprint density at radius 2 is 1.81 bits per heavy atom. The molecule has 166 valence electrons. The third-order valence-corrected chi connectivity index (χ3v) is 5.96. The van der Waals surface area contributed by atoms with Gasteiger partial charge in [-0.05, 0) is 67.0 Å². The van der Waals surface area contributed by atoms with E-state index in [1.165, 1.54) is 18.6 Å². The van der Waals surface area contributed by atoms with E-state index in [-0.39, 0.29) is 11.2 Å². The molecule has 0 saturated heterocycles. The monoisotopic (exact) mass is 429 g/mol. The van der Waals surface area contributed by atoms with Crippen molar-refractivity contribution in [3.63, 3.8) is 0 Å². The highest BCUT2D eigenvalue weighted by Crippen LogP contribution is 2.46. The zero-order valence-electron chi connectivity index (χ0n) is 18.4. The van der Waals surface area contributed by atoms with E-state index in [0.29, 0.717) is 12.0 Å². The predicted molar refractivity (Wildman–Crippen MR) is 118 cm³/mol. The number of hydrogen-bond donors (Lipinski definition) is 1. The van der Waals surface area contributed by atoms with E-state index in [1.807, 2.05) is 12.1 Å². The number of hydrogen-bond acceptors (Lipinski definition) is 4. The Bertz CT molecular complexity index is 1050. The average molecular weight is 430 g/mol. The first-order valence-electron chi connectivity index (χ1n) is 10.6. The summed E-state index contributed by atoms with van der Waals surface area (Å²) in [7, 11) is 1.64. The number of anilines is 2. The molecule has 1 aliphatic rings. The van der Waals surface area contributed by atoms with Crippen LogP contribution in [0.3, 0.4) is 0 Å².